The molecule has 5 nitrogen and oxygen atoms in total. The number of hydrogen-bond acceptors (Lipinski definition) is 5. The van der Waals surface area contributed by atoms with Gasteiger partial charge in [-0.15, -0.1) is 11.3 Å². The highest BCUT2D eigenvalue weighted by molar-refractivity contribution is 7.15. The molecule has 2 aromatic carbocycles. The molecule has 1 heterocycles. The second kappa shape index (κ2) is 10.3. The van der Waals surface area contributed by atoms with E-state index in [4.69, 9.17) is 27.9 Å². The molecule has 1 N–H and O–H groups in total. The van der Waals surface area contributed by atoms with E-state index in [1.165, 1.54) is 17.4 Å². The second-order valence-corrected chi connectivity index (χ2v) is 7.95. The van der Waals surface area contributed by atoms with Crippen LogP contribution in [0.15, 0.2) is 59.5 Å². The average molecular weight is 471 g/mol. The zero-order valence-corrected chi connectivity index (χ0v) is 18.6. The summed E-state index contributed by atoms with van der Waals surface area (Å²) in [7, 11) is 0. The monoisotopic (exact) mass is 470 g/mol. The minimum absolute atomic E-state index is 0.149. The minimum atomic E-state index is -0.655. The third-order valence-corrected chi connectivity index (χ3v) is 5.71. The van der Waals surface area contributed by atoms with E-state index in [1.807, 2.05) is 6.07 Å². The smallest absolute Gasteiger partial charge is 0.341 e. The minimum Gasteiger partial charge on any atom is -0.462 e. The molecule has 31 heavy (non-hydrogen) atoms. The standard InChI is InChI=1S/C23H16Cl2N2O3S/c1-2-30-23(29)20-18(14-7-9-17(24)10-8-14)13-31-22(20)27-21(28)16(12-26)11-15-5-3-4-6-19(15)25/h3-11,13H,2H2,1H3,(H,27,28). The summed E-state index contributed by atoms with van der Waals surface area (Å²) in [5.41, 5.74) is 1.96. The Bertz CT molecular complexity index is 1190. The van der Waals surface area contributed by atoms with Crippen LogP contribution in [0.2, 0.25) is 10.0 Å². The molecule has 0 radical (unpaired) electrons. The Morgan fingerprint density at radius 1 is 1.16 bits per heavy atom. The number of carbonyl (C=O) groups is 2. The lowest BCUT2D eigenvalue weighted by molar-refractivity contribution is -0.112. The van der Waals surface area contributed by atoms with Gasteiger partial charge in [0.25, 0.3) is 5.91 Å². The Morgan fingerprint density at radius 3 is 2.52 bits per heavy atom. The molecule has 3 aromatic rings. The van der Waals surface area contributed by atoms with Crippen LogP contribution in [0.5, 0.6) is 0 Å². The van der Waals surface area contributed by atoms with Crippen molar-refractivity contribution in [2.24, 2.45) is 0 Å². The van der Waals surface area contributed by atoms with E-state index in [9.17, 15) is 14.9 Å². The second-order valence-electron chi connectivity index (χ2n) is 6.23. The summed E-state index contributed by atoms with van der Waals surface area (Å²) in [6.45, 7) is 1.88. The molecule has 8 heteroatoms. The number of esters is 1. The van der Waals surface area contributed by atoms with E-state index in [-0.39, 0.29) is 22.7 Å². The number of nitriles is 1. The van der Waals surface area contributed by atoms with Gasteiger partial charge in [0.05, 0.1) is 6.61 Å². The van der Waals surface area contributed by atoms with Crippen molar-refractivity contribution < 1.29 is 14.3 Å². The van der Waals surface area contributed by atoms with Gasteiger partial charge in [-0.3, -0.25) is 4.79 Å². The zero-order valence-electron chi connectivity index (χ0n) is 16.3. The molecule has 0 fully saturated rings. The van der Waals surface area contributed by atoms with Gasteiger partial charge < -0.3 is 10.1 Å². The molecule has 1 aromatic heterocycles. The van der Waals surface area contributed by atoms with Gasteiger partial charge in [0.15, 0.2) is 0 Å². The van der Waals surface area contributed by atoms with Crippen molar-refractivity contribution in [3.8, 4) is 17.2 Å². The molecular weight excluding hydrogens is 455 g/mol. The predicted octanol–water partition coefficient (Wildman–Crippen LogP) is 6.44. The Hall–Kier alpha value is -3.11. The van der Waals surface area contributed by atoms with E-state index < -0.39 is 11.9 Å². The lowest BCUT2D eigenvalue weighted by Gasteiger charge is -2.09. The van der Waals surface area contributed by atoms with Crippen LogP contribution in [0.4, 0.5) is 5.00 Å². The number of nitrogens with one attached hydrogen (secondary N) is 1. The van der Waals surface area contributed by atoms with Gasteiger partial charge in [-0.25, -0.2) is 4.79 Å². The quantitative estimate of drug-likeness (QED) is 0.255. The first-order chi connectivity index (χ1) is 14.9. The molecule has 1 amide bonds. The van der Waals surface area contributed by atoms with Crippen LogP contribution in [-0.2, 0) is 9.53 Å². The number of benzene rings is 2. The van der Waals surface area contributed by atoms with Gasteiger partial charge in [-0.2, -0.15) is 5.26 Å². The maximum Gasteiger partial charge on any atom is 0.341 e. The van der Waals surface area contributed by atoms with Gasteiger partial charge >= 0.3 is 5.97 Å². The predicted molar refractivity (Wildman–Crippen MR) is 124 cm³/mol. The lowest BCUT2D eigenvalue weighted by Crippen LogP contribution is -2.16. The molecule has 0 saturated carbocycles. The van der Waals surface area contributed by atoms with Gasteiger partial charge in [0.1, 0.15) is 22.2 Å². The number of anilines is 1. The first-order valence-corrected chi connectivity index (χ1v) is 10.8. The van der Waals surface area contributed by atoms with Crippen molar-refractivity contribution in [3.05, 3.63) is 80.7 Å². The Labute approximate surface area is 193 Å². The van der Waals surface area contributed by atoms with Crippen molar-refractivity contribution in [2.45, 2.75) is 6.92 Å². The molecular formula is C23H16Cl2N2O3S. The number of ether oxygens (including phenoxy) is 1. The van der Waals surface area contributed by atoms with Gasteiger partial charge in [-0.1, -0.05) is 53.5 Å². The fourth-order valence-electron chi connectivity index (χ4n) is 2.76. The maximum atomic E-state index is 12.8. The topological polar surface area (TPSA) is 79.2 Å². The first kappa shape index (κ1) is 22.6. The third kappa shape index (κ3) is 5.33. The molecule has 0 aliphatic carbocycles. The summed E-state index contributed by atoms with van der Waals surface area (Å²) in [6.07, 6.45) is 1.40. The van der Waals surface area contributed by atoms with E-state index >= 15 is 0 Å². The third-order valence-electron chi connectivity index (χ3n) is 4.22. The number of nitrogens with zero attached hydrogens (tertiary/aromatic N) is 1. The van der Waals surface area contributed by atoms with Crippen molar-refractivity contribution in [2.75, 3.05) is 11.9 Å². The number of amides is 1. The lowest BCUT2D eigenvalue weighted by atomic mass is 10.0. The van der Waals surface area contributed by atoms with E-state index in [1.54, 1.807) is 60.8 Å². The number of hydrogen-bond donors (Lipinski definition) is 1. The highest BCUT2D eigenvalue weighted by Gasteiger charge is 2.23. The Balaban J connectivity index is 1.97. The highest BCUT2D eigenvalue weighted by Crippen LogP contribution is 2.37. The van der Waals surface area contributed by atoms with Crippen LogP contribution in [0.1, 0.15) is 22.8 Å². The molecule has 156 valence electrons. The van der Waals surface area contributed by atoms with E-state index in [0.29, 0.717) is 21.2 Å². The fourth-order valence-corrected chi connectivity index (χ4v) is 4.03. The van der Waals surface area contributed by atoms with Gasteiger partial charge in [0.2, 0.25) is 0 Å². The summed E-state index contributed by atoms with van der Waals surface area (Å²) in [5, 5.41) is 15.1. The summed E-state index contributed by atoms with van der Waals surface area (Å²) >= 11 is 13.2. The fraction of sp³-hybridized carbons (Fsp3) is 0.0870. The number of rotatable bonds is 6. The van der Waals surface area contributed by atoms with Crippen LogP contribution < -0.4 is 5.32 Å². The SMILES string of the molecule is CCOC(=O)c1c(-c2ccc(Cl)cc2)csc1NC(=O)C(C#N)=Cc1ccccc1Cl. The molecule has 0 saturated heterocycles. The Morgan fingerprint density at radius 2 is 1.87 bits per heavy atom. The molecule has 0 unspecified atom stereocenters. The van der Waals surface area contributed by atoms with Crippen LogP contribution in [0.25, 0.3) is 17.2 Å². The summed E-state index contributed by atoms with van der Waals surface area (Å²) in [4.78, 5) is 25.4. The molecule has 0 aliphatic rings. The number of thiophene rings is 1. The van der Waals surface area contributed by atoms with Gasteiger partial charge in [-0.05, 0) is 42.3 Å². The van der Waals surface area contributed by atoms with Crippen LogP contribution in [0.3, 0.4) is 0 Å². The van der Waals surface area contributed by atoms with E-state index in [2.05, 4.69) is 5.32 Å². The summed E-state index contributed by atoms with van der Waals surface area (Å²) in [6, 6.07) is 15.7. The molecule has 0 aliphatic heterocycles. The van der Waals surface area contributed by atoms with Crippen LogP contribution >= 0.6 is 34.5 Å². The first-order valence-electron chi connectivity index (χ1n) is 9.16. The molecule has 3 rings (SSSR count). The average Bonchev–Trinajstić information content (AvgIpc) is 3.17. The molecule has 0 spiro atoms. The van der Waals surface area contributed by atoms with Gasteiger partial charge in [0, 0.05) is 21.0 Å². The number of halogens is 2. The number of carbonyl (C=O) groups excluding carboxylic acids is 2. The van der Waals surface area contributed by atoms with Crippen molar-refractivity contribution in [1.82, 2.24) is 0 Å². The van der Waals surface area contributed by atoms with Crippen molar-refractivity contribution in [1.29, 1.82) is 5.26 Å². The van der Waals surface area contributed by atoms with Crippen LogP contribution in [-0.4, -0.2) is 18.5 Å². The maximum absolute atomic E-state index is 12.8. The molecule has 0 bridgehead atoms. The zero-order chi connectivity index (χ0) is 22.4. The van der Waals surface area contributed by atoms with Crippen molar-refractivity contribution >= 4 is 57.5 Å². The largest absolute Gasteiger partial charge is 0.462 e. The van der Waals surface area contributed by atoms with Crippen molar-refractivity contribution in [3.63, 3.8) is 0 Å². The summed E-state index contributed by atoms with van der Waals surface area (Å²) in [5.74, 6) is -1.23. The molecule has 0 atom stereocenters. The summed E-state index contributed by atoms with van der Waals surface area (Å²) < 4.78 is 5.19. The highest BCUT2D eigenvalue weighted by atomic mass is 35.5. The van der Waals surface area contributed by atoms with Crippen LogP contribution in [0, 0.1) is 11.3 Å². The normalized spacial score (nSPS) is 11.0. The Kier molecular flexibility index (Phi) is 7.48. The van der Waals surface area contributed by atoms with E-state index in [0.717, 1.165) is 5.56 Å².